The first-order valence-electron chi connectivity index (χ1n) is 5.55. The third kappa shape index (κ3) is 1.77. The number of epoxide rings is 2. The van der Waals surface area contributed by atoms with Crippen LogP contribution in [0.1, 0.15) is 13.3 Å². The largest absolute Gasteiger partial charge is 0.362 e. The Morgan fingerprint density at radius 3 is 3.07 bits per heavy atom. The maximum atomic E-state index is 5.62. The molecule has 3 aliphatic heterocycles. The highest BCUT2D eigenvalue weighted by atomic mass is 16.7. The van der Waals surface area contributed by atoms with Crippen molar-refractivity contribution in [1.29, 1.82) is 0 Å². The molecule has 0 aromatic heterocycles. The standard InChI is InChI=1S/C12H15NO2/c1-2-5-9-11(14-9)12-10(15-12)8-6-3-4-7-13-8/h2-3,5-6,9-12H,4,7H2,1H3/b5-2+. The van der Waals surface area contributed by atoms with Gasteiger partial charge in [0.2, 0.25) is 0 Å². The first-order valence-corrected chi connectivity index (χ1v) is 5.55. The first-order chi connectivity index (χ1) is 7.40. The molecule has 3 nitrogen and oxygen atoms in total. The molecule has 3 rings (SSSR count). The minimum atomic E-state index is 0.196. The lowest BCUT2D eigenvalue weighted by Crippen LogP contribution is -2.14. The van der Waals surface area contributed by atoms with Crippen molar-refractivity contribution in [3.8, 4) is 0 Å². The van der Waals surface area contributed by atoms with E-state index in [1.165, 1.54) is 0 Å². The van der Waals surface area contributed by atoms with Crippen LogP contribution in [0.3, 0.4) is 0 Å². The molecule has 0 spiro atoms. The zero-order valence-electron chi connectivity index (χ0n) is 8.80. The van der Waals surface area contributed by atoms with Gasteiger partial charge in [0.15, 0.2) is 0 Å². The number of aliphatic imine (C=N–C) groups is 1. The summed E-state index contributed by atoms with van der Waals surface area (Å²) in [6, 6.07) is 0. The summed E-state index contributed by atoms with van der Waals surface area (Å²) in [4.78, 5) is 4.45. The Hall–Kier alpha value is -0.930. The van der Waals surface area contributed by atoms with Crippen LogP contribution >= 0.6 is 0 Å². The summed E-state index contributed by atoms with van der Waals surface area (Å²) < 4.78 is 11.1. The highest BCUT2D eigenvalue weighted by Crippen LogP contribution is 2.40. The van der Waals surface area contributed by atoms with E-state index >= 15 is 0 Å². The Morgan fingerprint density at radius 2 is 2.33 bits per heavy atom. The lowest BCUT2D eigenvalue weighted by molar-refractivity contribution is 0.317. The summed E-state index contributed by atoms with van der Waals surface area (Å²) in [7, 11) is 0. The topological polar surface area (TPSA) is 37.4 Å². The van der Waals surface area contributed by atoms with E-state index in [9.17, 15) is 0 Å². The molecule has 15 heavy (non-hydrogen) atoms. The van der Waals surface area contributed by atoms with Crippen LogP contribution in [0.5, 0.6) is 0 Å². The normalized spacial score (nSPS) is 43.1. The molecule has 3 aliphatic rings. The van der Waals surface area contributed by atoms with Crippen LogP contribution in [0.15, 0.2) is 29.3 Å². The van der Waals surface area contributed by atoms with Gasteiger partial charge in [0.05, 0.1) is 5.71 Å². The predicted molar refractivity (Wildman–Crippen MR) is 58.2 cm³/mol. The molecule has 0 radical (unpaired) electrons. The van der Waals surface area contributed by atoms with Crippen molar-refractivity contribution in [3.63, 3.8) is 0 Å². The van der Waals surface area contributed by atoms with Crippen molar-refractivity contribution in [2.45, 2.75) is 37.8 Å². The number of hydrogen-bond donors (Lipinski definition) is 0. The molecule has 0 aromatic carbocycles. The van der Waals surface area contributed by atoms with Gasteiger partial charge in [-0.25, -0.2) is 0 Å². The van der Waals surface area contributed by atoms with Gasteiger partial charge in [-0.15, -0.1) is 0 Å². The number of allylic oxidation sites excluding steroid dienone is 1. The van der Waals surface area contributed by atoms with Gasteiger partial charge in [-0.2, -0.15) is 0 Å². The minimum absolute atomic E-state index is 0.196. The fourth-order valence-corrected chi connectivity index (χ4v) is 2.07. The molecule has 3 heteroatoms. The smallest absolute Gasteiger partial charge is 0.128 e. The number of dihydropyridines is 1. The van der Waals surface area contributed by atoms with Crippen LogP contribution in [-0.2, 0) is 9.47 Å². The van der Waals surface area contributed by atoms with Gasteiger partial charge < -0.3 is 9.47 Å². The summed E-state index contributed by atoms with van der Waals surface area (Å²) in [6.07, 6.45) is 10.4. The SMILES string of the molecule is C/C=C/C1OC1C1OC1C1=NCCC=C1. The maximum Gasteiger partial charge on any atom is 0.128 e. The third-order valence-electron chi connectivity index (χ3n) is 2.96. The van der Waals surface area contributed by atoms with E-state index in [0.717, 1.165) is 18.7 Å². The molecule has 0 amide bonds. The van der Waals surface area contributed by atoms with Crippen molar-refractivity contribution in [2.75, 3.05) is 6.54 Å². The summed E-state index contributed by atoms with van der Waals surface area (Å²) in [5.74, 6) is 0. The molecular formula is C12H15NO2. The van der Waals surface area contributed by atoms with E-state index in [1.807, 2.05) is 13.0 Å². The Labute approximate surface area is 89.5 Å². The lowest BCUT2D eigenvalue weighted by Gasteiger charge is -2.01. The highest BCUT2D eigenvalue weighted by Gasteiger charge is 2.57. The molecule has 2 saturated heterocycles. The third-order valence-corrected chi connectivity index (χ3v) is 2.96. The Kier molecular flexibility index (Phi) is 2.22. The lowest BCUT2D eigenvalue weighted by atomic mass is 10.1. The number of ether oxygens (including phenoxy) is 2. The maximum absolute atomic E-state index is 5.62. The molecule has 0 N–H and O–H groups in total. The van der Waals surface area contributed by atoms with Crippen LogP contribution in [0.2, 0.25) is 0 Å². The van der Waals surface area contributed by atoms with Gasteiger partial charge >= 0.3 is 0 Å². The Morgan fingerprint density at radius 1 is 1.40 bits per heavy atom. The predicted octanol–water partition coefficient (Wildman–Crippen LogP) is 1.50. The average Bonchev–Trinajstić information content (AvgIpc) is 3.12. The highest BCUT2D eigenvalue weighted by molar-refractivity contribution is 6.01. The van der Waals surface area contributed by atoms with Crippen LogP contribution in [-0.4, -0.2) is 36.7 Å². The van der Waals surface area contributed by atoms with Crippen LogP contribution < -0.4 is 0 Å². The van der Waals surface area contributed by atoms with Crippen LogP contribution in [0.4, 0.5) is 0 Å². The molecule has 4 atom stereocenters. The molecule has 2 fully saturated rings. The Bertz CT molecular complexity index is 346. The van der Waals surface area contributed by atoms with E-state index in [2.05, 4.69) is 23.2 Å². The molecule has 4 unspecified atom stereocenters. The van der Waals surface area contributed by atoms with Gasteiger partial charge in [-0.1, -0.05) is 18.2 Å². The second kappa shape index (κ2) is 3.58. The van der Waals surface area contributed by atoms with Gasteiger partial charge in [0.1, 0.15) is 24.4 Å². The van der Waals surface area contributed by atoms with E-state index in [0.29, 0.717) is 0 Å². The quantitative estimate of drug-likeness (QED) is 0.517. The van der Waals surface area contributed by atoms with Crippen molar-refractivity contribution in [2.24, 2.45) is 4.99 Å². The molecular weight excluding hydrogens is 190 g/mol. The summed E-state index contributed by atoms with van der Waals surface area (Å²) in [6.45, 7) is 2.92. The van der Waals surface area contributed by atoms with E-state index in [-0.39, 0.29) is 24.4 Å². The molecule has 3 heterocycles. The van der Waals surface area contributed by atoms with Crippen molar-refractivity contribution < 1.29 is 9.47 Å². The summed E-state index contributed by atoms with van der Waals surface area (Å²) in [5.41, 5.74) is 1.10. The summed E-state index contributed by atoms with van der Waals surface area (Å²) >= 11 is 0. The van der Waals surface area contributed by atoms with Gasteiger partial charge in [0, 0.05) is 6.54 Å². The number of nitrogens with zero attached hydrogens (tertiary/aromatic N) is 1. The molecule has 0 bridgehead atoms. The van der Waals surface area contributed by atoms with Gasteiger partial charge in [-0.05, 0) is 19.4 Å². The zero-order valence-corrected chi connectivity index (χ0v) is 8.80. The first kappa shape index (κ1) is 9.31. The second-order valence-electron chi connectivity index (χ2n) is 4.11. The van der Waals surface area contributed by atoms with Crippen molar-refractivity contribution >= 4 is 5.71 Å². The monoisotopic (exact) mass is 205 g/mol. The number of hydrogen-bond acceptors (Lipinski definition) is 3. The van der Waals surface area contributed by atoms with Gasteiger partial charge in [0.25, 0.3) is 0 Å². The van der Waals surface area contributed by atoms with E-state index in [4.69, 9.17) is 9.47 Å². The average molecular weight is 205 g/mol. The van der Waals surface area contributed by atoms with Gasteiger partial charge in [-0.3, -0.25) is 4.99 Å². The minimum Gasteiger partial charge on any atom is -0.362 e. The number of rotatable bonds is 3. The summed E-state index contributed by atoms with van der Waals surface area (Å²) in [5, 5.41) is 0. The van der Waals surface area contributed by atoms with E-state index < -0.39 is 0 Å². The van der Waals surface area contributed by atoms with Crippen LogP contribution in [0, 0.1) is 0 Å². The molecule has 0 saturated carbocycles. The molecule has 0 aliphatic carbocycles. The van der Waals surface area contributed by atoms with E-state index in [1.54, 1.807) is 0 Å². The Balaban J connectivity index is 1.57. The fraction of sp³-hybridized carbons (Fsp3) is 0.583. The second-order valence-corrected chi connectivity index (χ2v) is 4.11. The fourth-order valence-electron chi connectivity index (χ4n) is 2.07. The van der Waals surface area contributed by atoms with Crippen molar-refractivity contribution in [3.05, 3.63) is 24.3 Å². The zero-order chi connectivity index (χ0) is 10.3. The molecule has 80 valence electrons. The van der Waals surface area contributed by atoms with Crippen molar-refractivity contribution in [1.82, 2.24) is 0 Å². The van der Waals surface area contributed by atoms with Crippen LogP contribution in [0.25, 0.3) is 0 Å². The molecule has 0 aromatic rings.